The van der Waals surface area contributed by atoms with E-state index in [-0.39, 0.29) is 6.42 Å². The highest BCUT2D eigenvalue weighted by molar-refractivity contribution is 5.83. The Kier molecular flexibility index (Phi) is 7.78. The number of amides is 2. The number of aliphatic carboxylic acids is 1. The second-order valence-corrected chi connectivity index (χ2v) is 8.25. The molecule has 2 amide bonds. The maximum Gasteiger partial charge on any atom is 0.413 e. The molecule has 1 atom stereocenters. The Morgan fingerprint density at radius 1 is 1.04 bits per heavy atom. The van der Waals surface area contributed by atoms with Gasteiger partial charge in [0.2, 0.25) is 0 Å². The van der Waals surface area contributed by atoms with Gasteiger partial charge in [0, 0.05) is 6.20 Å². The van der Waals surface area contributed by atoms with Crippen molar-refractivity contribution < 1.29 is 29.0 Å². The largest absolute Gasteiger partial charge is 0.480 e. The Bertz CT molecular complexity index is 689. The molecule has 9 heteroatoms. The molecule has 0 aliphatic carbocycles. The van der Waals surface area contributed by atoms with Crippen molar-refractivity contribution in [1.82, 2.24) is 10.3 Å². The maximum atomic E-state index is 11.8. The van der Waals surface area contributed by atoms with Gasteiger partial charge in [-0.25, -0.2) is 19.4 Å². The highest BCUT2D eigenvalue weighted by atomic mass is 16.6. The molecule has 3 N–H and O–H groups in total. The average molecular weight is 395 g/mol. The standard InChI is InChI=1S/C19H29N3O6/c1-18(2,3)27-16(25)21-13(15(23)24)9-7-12-8-10-14(20-11-12)22-17(26)28-19(4,5)6/h8,10-11,13H,7,9H2,1-6H3,(H,21,25)(H,23,24)(H,20,22,26)/t13-/m1/s1. The quantitative estimate of drug-likeness (QED) is 0.674. The molecule has 1 rings (SSSR count). The second-order valence-electron chi connectivity index (χ2n) is 8.25. The molecule has 0 bridgehead atoms. The van der Waals surface area contributed by atoms with Gasteiger partial charge in [-0.2, -0.15) is 0 Å². The summed E-state index contributed by atoms with van der Waals surface area (Å²) < 4.78 is 10.2. The van der Waals surface area contributed by atoms with Crippen molar-refractivity contribution in [1.29, 1.82) is 0 Å². The van der Waals surface area contributed by atoms with Gasteiger partial charge in [0.1, 0.15) is 23.1 Å². The number of ether oxygens (including phenoxy) is 2. The summed E-state index contributed by atoms with van der Waals surface area (Å²) in [6, 6.07) is 2.22. The lowest BCUT2D eigenvalue weighted by Gasteiger charge is -2.22. The molecule has 9 nitrogen and oxygen atoms in total. The van der Waals surface area contributed by atoms with Gasteiger partial charge in [0.15, 0.2) is 0 Å². The van der Waals surface area contributed by atoms with Crippen LogP contribution in [0.3, 0.4) is 0 Å². The molecule has 156 valence electrons. The zero-order valence-electron chi connectivity index (χ0n) is 17.2. The maximum absolute atomic E-state index is 11.8. The number of hydrogen-bond acceptors (Lipinski definition) is 6. The van der Waals surface area contributed by atoms with Crippen LogP contribution < -0.4 is 10.6 Å². The Hall–Kier alpha value is -2.84. The number of aryl methyl sites for hydroxylation is 1. The van der Waals surface area contributed by atoms with Crippen molar-refractivity contribution in [2.45, 2.75) is 71.6 Å². The predicted octanol–water partition coefficient (Wildman–Crippen LogP) is 3.34. The van der Waals surface area contributed by atoms with E-state index in [1.165, 1.54) is 6.20 Å². The van der Waals surface area contributed by atoms with E-state index in [9.17, 15) is 19.5 Å². The van der Waals surface area contributed by atoms with Gasteiger partial charge < -0.3 is 19.9 Å². The molecule has 0 aliphatic rings. The van der Waals surface area contributed by atoms with E-state index < -0.39 is 35.4 Å². The Labute approximate surface area is 164 Å². The number of carbonyl (C=O) groups excluding carboxylic acids is 2. The van der Waals surface area contributed by atoms with E-state index in [1.54, 1.807) is 53.7 Å². The molecule has 0 aromatic carbocycles. The minimum absolute atomic E-state index is 0.162. The van der Waals surface area contributed by atoms with Gasteiger partial charge in [-0.15, -0.1) is 0 Å². The van der Waals surface area contributed by atoms with Gasteiger partial charge in [0.25, 0.3) is 0 Å². The van der Waals surface area contributed by atoms with E-state index >= 15 is 0 Å². The van der Waals surface area contributed by atoms with Gasteiger partial charge in [0.05, 0.1) is 0 Å². The fourth-order valence-corrected chi connectivity index (χ4v) is 2.07. The number of alkyl carbamates (subject to hydrolysis) is 1. The number of carboxylic acid groups (broad SMARTS) is 1. The Morgan fingerprint density at radius 3 is 2.07 bits per heavy atom. The third-order valence-corrected chi connectivity index (χ3v) is 3.16. The van der Waals surface area contributed by atoms with Crippen LogP contribution in [-0.2, 0) is 20.7 Å². The normalized spacial score (nSPS) is 12.6. The number of hydrogen-bond donors (Lipinski definition) is 3. The number of rotatable bonds is 6. The van der Waals surface area contributed by atoms with E-state index in [1.807, 2.05) is 0 Å². The number of carboxylic acids is 1. The summed E-state index contributed by atoms with van der Waals surface area (Å²) in [5.41, 5.74) is -0.572. The van der Waals surface area contributed by atoms with Crippen LogP contribution >= 0.6 is 0 Å². The minimum Gasteiger partial charge on any atom is -0.480 e. The van der Waals surface area contributed by atoms with Crippen molar-refractivity contribution in [2.75, 3.05) is 5.32 Å². The van der Waals surface area contributed by atoms with E-state index in [2.05, 4.69) is 15.6 Å². The average Bonchev–Trinajstić information content (AvgIpc) is 2.48. The molecule has 1 aromatic rings. The van der Waals surface area contributed by atoms with Crippen LogP contribution in [0.15, 0.2) is 18.3 Å². The number of nitrogens with one attached hydrogen (secondary N) is 2. The van der Waals surface area contributed by atoms with E-state index in [0.717, 1.165) is 5.56 Å². The number of aromatic nitrogens is 1. The van der Waals surface area contributed by atoms with Crippen molar-refractivity contribution in [3.8, 4) is 0 Å². The number of anilines is 1. The summed E-state index contributed by atoms with van der Waals surface area (Å²) >= 11 is 0. The zero-order chi connectivity index (χ0) is 21.5. The molecular formula is C19H29N3O6. The van der Waals surface area contributed by atoms with Crippen LogP contribution in [0.1, 0.15) is 53.5 Å². The van der Waals surface area contributed by atoms with Crippen LogP contribution in [0.2, 0.25) is 0 Å². The van der Waals surface area contributed by atoms with Gasteiger partial charge in [-0.1, -0.05) is 6.07 Å². The molecule has 1 heterocycles. The molecule has 0 aliphatic heterocycles. The number of nitrogens with zero attached hydrogens (tertiary/aromatic N) is 1. The predicted molar refractivity (Wildman–Crippen MR) is 103 cm³/mol. The molecule has 0 radical (unpaired) electrons. The van der Waals surface area contributed by atoms with Gasteiger partial charge in [-0.3, -0.25) is 5.32 Å². The van der Waals surface area contributed by atoms with Crippen LogP contribution in [0, 0.1) is 0 Å². The number of carbonyl (C=O) groups is 3. The van der Waals surface area contributed by atoms with Crippen molar-refractivity contribution in [3.05, 3.63) is 23.9 Å². The fraction of sp³-hybridized carbons (Fsp3) is 0.579. The summed E-state index contributed by atoms with van der Waals surface area (Å²) in [5.74, 6) is -0.832. The lowest BCUT2D eigenvalue weighted by atomic mass is 10.1. The highest BCUT2D eigenvalue weighted by Gasteiger charge is 2.24. The molecule has 0 fully saturated rings. The van der Waals surface area contributed by atoms with Crippen molar-refractivity contribution >= 4 is 24.0 Å². The van der Waals surface area contributed by atoms with Crippen LogP contribution in [0.4, 0.5) is 15.4 Å². The van der Waals surface area contributed by atoms with Gasteiger partial charge in [-0.05, 0) is 66.0 Å². The summed E-state index contributed by atoms with van der Waals surface area (Å²) in [4.78, 5) is 39.0. The third-order valence-electron chi connectivity index (χ3n) is 3.16. The lowest BCUT2D eigenvalue weighted by Crippen LogP contribution is -2.43. The summed E-state index contributed by atoms with van der Waals surface area (Å²) in [7, 11) is 0. The van der Waals surface area contributed by atoms with Crippen molar-refractivity contribution in [2.24, 2.45) is 0 Å². The highest BCUT2D eigenvalue weighted by Crippen LogP contribution is 2.12. The first-order valence-electron chi connectivity index (χ1n) is 8.92. The van der Waals surface area contributed by atoms with Crippen LogP contribution in [-0.4, -0.2) is 45.5 Å². The van der Waals surface area contributed by atoms with Crippen molar-refractivity contribution in [3.63, 3.8) is 0 Å². The molecular weight excluding hydrogens is 366 g/mol. The first-order valence-corrected chi connectivity index (χ1v) is 8.92. The smallest absolute Gasteiger partial charge is 0.413 e. The number of pyridine rings is 1. The molecule has 28 heavy (non-hydrogen) atoms. The van der Waals surface area contributed by atoms with E-state index in [4.69, 9.17) is 9.47 Å². The monoisotopic (exact) mass is 395 g/mol. The fourth-order valence-electron chi connectivity index (χ4n) is 2.07. The van der Waals surface area contributed by atoms with Gasteiger partial charge >= 0.3 is 18.2 Å². The summed E-state index contributed by atoms with van der Waals surface area (Å²) in [6.45, 7) is 10.4. The molecule has 0 saturated heterocycles. The zero-order valence-corrected chi connectivity index (χ0v) is 17.2. The summed E-state index contributed by atoms with van der Waals surface area (Å²) in [5, 5.41) is 14.2. The molecule has 1 aromatic heterocycles. The minimum atomic E-state index is -1.15. The SMILES string of the molecule is CC(C)(C)OC(=O)Nc1ccc(CC[C@@H](NC(=O)OC(C)(C)C)C(=O)O)cn1. The van der Waals surface area contributed by atoms with Crippen LogP contribution in [0.5, 0.6) is 0 Å². The topological polar surface area (TPSA) is 127 Å². The third kappa shape index (κ3) is 9.75. The molecule has 0 spiro atoms. The second kappa shape index (κ2) is 9.38. The Morgan fingerprint density at radius 2 is 1.61 bits per heavy atom. The first-order chi connectivity index (χ1) is 12.7. The summed E-state index contributed by atoms with van der Waals surface area (Å²) in [6.07, 6.45) is 0.663. The molecule has 0 unspecified atom stereocenters. The van der Waals surface area contributed by atoms with E-state index in [0.29, 0.717) is 12.2 Å². The Balaban J connectivity index is 2.59. The molecule has 0 saturated carbocycles. The van der Waals surface area contributed by atoms with Crippen LogP contribution in [0.25, 0.3) is 0 Å². The lowest BCUT2D eigenvalue weighted by molar-refractivity contribution is -0.139. The first kappa shape index (κ1) is 23.2.